The van der Waals surface area contributed by atoms with Crippen LogP contribution in [0.15, 0.2) is 55.3 Å². The minimum atomic E-state index is 0.462. The lowest BCUT2D eigenvalue weighted by atomic mass is 10.1. The molecule has 0 aliphatic carbocycles. The van der Waals surface area contributed by atoms with E-state index in [4.69, 9.17) is 4.74 Å². The van der Waals surface area contributed by atoms with Crippen molar-refractivity contribution in [2.45, 2.75) is 26.8 Å². The summed E-state index contributed by atoms with van der Waals surface area (Å²) in [4.78, 5) is 2.22. The van der Waals surface area contributed by atoms with Gasteiger partial charge in [0.15, 0.2) is 0 Å². The molecule has 0 amide bonds. The number of aryl methyl sites for hydroxylation is 1. The molecule has 0 bridgehead atoms. The third-order valence-corrected chi connectivity index (χ3v) is 3.28. The molecule has 1 aromatic rings. The zero-order valence-corrected chi connectivity index (χ0v) is 14.2. The number of nitrogens with one attached hydrogen (secondary N) is 1. The summed E-state index contributed by atoms with van der Waals surface area (Å²) in [5.74, 6) is 0.860. The van der Waals surface area contributed by atoms with Crippen molar-refractivity contribution in [3.63, 3.8) is 0 Å². The fourth-order valence-electron chi connectivity index (χ4n) is 2.26. The lowest BCUT2D eigenvalue weighted by Gasteiger charge is -2.27. The highest BCUT2D eigenvalue weighted by molar-refractivity contribution is 5.59. The number of hydrogen-bond donors (Lipinski definition) is 1. The maximum absolute atomic E-state index is 5.39. The van der Waals surface area contributed by atoms with Crippen LogP contribution < -0.4 is 15.0 Å². The van der Waals surface area contributed by atoms with Gasteiger partial charge in [-0.25, -0.2) is 0 Å². The smallest absolute Gasteiger partial charge is 0.121 e. The molecule has 0 aromatic heterocycles. The third-order valence-electron chi connectivity index (χ3n) is 3.28. The molecule has 0 atom stereocenters. The summed E-state index contributed by atoms with van der Waals surface area (Å²) in [6, 6.07) is 6.68. The van der Waals surface area contributed by atoms with Crippen molar-refractivity contribution >= 4 is 5.69 Å². The molecular formula is C19H28N2O. The van der Waals surface area contributed by atoms with Gasteiger partial charge < -0.3 is 15.0 Å². The molecule has 120 valence electrons. The van der Waals surface area contributed by atoms with E-state index in [-0.39, 0.29) is 0 Å². The van der Waals surface area contributed by atoms with Gasteiger partial charge in [-0.15, -0.1) is 0 Å². The number of methoxy groups -OCH3 is 1. The summed E-state index contributed by atoms with van der Waals surface area (Å²) in [5, 5.41) is 3.45. The van der Waals surface area contributed by atoms with E-state index in [1.807, 2.05) is 24.3 Å². The Labute approximate surface area is 135 Å². The lowest BCUT2D eigenvalue weighted by Crippen LogP contribution is -2.34. The average molecular weight is 300 g/mol. The van der Waals surface area contributed by atoms with Crippen molar-refractivity contribution in [2.24, 2.45) is 0 Å². The first-order valence-electron chi connectivity index (χ1n) is 7.63. The first-order valence-corrected chi connectivity index (χ1v) is 7.63. The van der Waals surface area contributed by atoms with Gasteiger partial charge in [-0.3, -0.25) is 0 Å². The van der Waals surface area contributed by atoms with E-state index in [0.717, 1.165) is 35.8 Å². The molecule has 0 saturated carbocycles. The summed E-state index contributed by atoms with van der Waals surface area (Å²) in [7, 11) is 1.69. The second-order valence-electron chi connectivity index (χ2n) is 5.50. The van der Waals surface area contributed by atoms with Crippen molar-refractivity contribution < 1.29 is 4.74 Å². The van der Waals surface area contributed by atoms with Gasteiger partial charge in [-0.05, 0) is 36.8 Å². The Morgan fingerprint density at radius 1 is 1.32 bits per heavy atom. The molecule has 0 spiro atoms. The van der Waals surface area contributed by atoms with Crippen molar-refractivity contribution in [3.05, 3.63) is 60.8 Å². The Kier molecular flexibility index (Phi) is 7.47. The standard InChI is InChI=1S/C19H28N2O/c1-7-9-17(8-2)21(11-10-20-15(3)4)18-12-16(5)13-19(14-18)22-6/h7-9,12-15,20H,1-2,10-11H2,3-6H3/b17-9+. The molecule has 0 aliphatic heterocycles. The molecular weight excluding hydrogens is 272 g/mol. The van der Waals surface area contributed by atoms with E-state index in [1.54, 1.807) is 13.2 Å². The van der Waals surface area contributed by atoms with Crippen LogP contribution in [0.5, 0.6) is 5.75 Å². The molecule has 22 heavy (non-hydrogen) atoms. The predicted molar refractivity (Wildman–Crippen MR) is 96.7 cm³/mol. The minimum absolute atomic E-state index is 0.462. The monoisotopic (exact) mass is 300 g/mol. The van der Waals surface area contributed by atoms with Crippen LogP contribution in [0, 0.1) is 6.92 Å². The normalized spacial score (nSPS) is 11.4. The summed E-state index contributed by atoms with van der Waals surface area (Å²) < 4.78 is 5.39. The average Bonchev–Trinajstić information content (AvgIpc) is 2.48. The molecule has 1 N–H and O–H groups in total. The molecule has 0 unspecified atom stereocenters. The second kappa shape index (κ2) is 9.11. The Morgan fingerprint density at radius 3 is 2.59 bits per heavy atom. The molecule has 0 fully saturated rings. The highest BCUT2D eigenvalue weighted by Gasteiger charge is 2.11. The highest BCUT2D eigenvalue weighted by Crippen LogP contribution is 2.26. The Balaban J connectivity index is 3.12. The number of hydrogen-bond acceptors (Lipinski definition) is 3. The maximum atomic E-state index is 5.39. The van der Waals surface area contributed by atoms with Gasteiger partial charge in [0.05, 0.1) is 7.11 Å². The summed E-state index contributed by atoms with van der Waals surface area (Å²) in [6.07, 6.45) is 5.61. The van der Waals surface area contributed by atoms with Gasteiger partial charge in [0.25, 0.3) is 0 Å². The van der Waals surface area contributed by atoms with E-state index in [1.165, 1.54) is 0 Å². The van der Waals surface area contributed by atoms with Gasteiger partial charge in [0, 0.05) is 36.6 Å². The molecule has 3 heteroatoms. The SMILES string of the molecule is C=C/C=C(\C=C)N(CCNC(C)C)c1cc(C)cc(OC)c1. The predicted octanol–water partition coefficient (Wildman–Crippen LogP) is 4.06. The Hall–Kier alpha value is -2.00. The van der Waals surface area contributed by atoms with Crippen LogP contribution in [0.2, 0.25) is 0 Å². The largest absolute Gasteiger partial charge is 0.497 e. The molecule has 1 aromatic carbocycles. The van der Waals surface area contributed by atoms with E-state index in [0.29, 0.717) is 6.04 Å². The molecule has 3 nitrogen and oxygen atoms in total. The Bertz CT molecular complexity index is 532. The summed E-state index contributed by atoms with van der Waals surface area (Å²) >= 11 is 0. The molecule has 1 rings (SSSR count). The fourth-order valence-corrected chi connectivity index (χ4v) is 2.26. The van der Waals surface area contributed by atoms with Crippen molar-refractivity contribution in [3.8, 4) is 5.75 Å². The van der Waals surface area contributed by atoms with E-state index in [2.05, 4.69) is 50.2 Å². The molecule has 0 saturated heterocycles. The number of allylic oxidation sites excluding steroid dienone is 3. The minimum Gasteiger partial charge on any atom is -0.497 e. The number of nitrogens with zero attached hydrogens (tertiary/aromatic N) is 1. The zero-order valence-electron chi connectivity index (χ0n) is 14.2. The van der Waals surface area contributed by atoms with Crippen LogP contribution in [0.1, 0.15) is 19.4 Å². The van der Waals surface area contributed by atoms with Crippen molar-refractivity contribution in [2.75, 3.05) is 25.1 Å². The van der Waals surface area contributed by atoms with Gasteiger partial charge in [-0.1, -0.05) is 33.1 Å². The van der Waals surface area contributed by atoms with E-state index < -0.39 is 0 Å². The van der Waals surface area contributed by atoms with E-state index in [9.17, 15) is 0 Å². The zero-order chi connectivity index (χ0) is 16.5. The van der Waals surface area contributed by atoms with Crippen LogP contribution in [-0.4, -0.2) is 26.2 Å². The molecule has 0 heterocycles. The van der Waals surface area contributed by atoms with Crippen LogP contribution in [0.25, 0.3) is 0 Å². The first-order chi connectivity index (χ1) is 10.5. The number of anilines is 1. The topological polar surface area (TPSA) is 24.5 Å². The van der Waals surface area contributed by atoms with E-state index >= 15 is 0 Å². The number of ether oxygens (including phenoxy) is 1. The first kappa shape index (κ1) is 18.1. The second-order valence-corrected chi connectivity index (χ2v) is 5.50. The quantitative estimate of drug-likeness (QED) is 0.696. The summed E-state index contributed by atoms with van der Waals surface area (Å²) in [5.41, 5.74) is 3.28. The van der Waals surface area contributed by atoms with Crippen LogP contribution in [-0.2, 0) is 0 Å². The lowest BCUT2D eigenvalue weighted by molar-refractivity contribution is 0.414. The third kappa shape index (κ3) is 5.41. The van der Waals surface area contributed by atoms with Gasteiger partial charge in [-0.2, -0.15) is 0 Å². The number of rotatable bonds is 9. The number of benzene rings is 1. The maximum Gasteiger partial charge on any atom is 0.121 e. The van der Waals surface area contributed by atoms with Gasteiger partial charge in [0.2, 0.25) is 0 Å². The highest BCUT2D eigenvalue weighted by atomic mass is 16.5. The van der Waals surface area contributed by atoms with Crippen LogP contribution in [0.4, 0.5) is 5.69 Å². The molecule has 0 radical (unpaired) electrons. The van der Waals surface area contributed by atoms with Crippen LogP contribution in [0.3, 0.4) is 0 Å². The fraction of sp³-hybridized carbons (Fsp3) is 0.368. The van der Waals surface area contributed by atoms with Gasteiger partial charge in [0.1, 0.15) is 5.75 Å². The molecule has 0 aliphatic rings. The van der Waals surface area contributed by atoms with Gasteiger partial charge >= 0.3 is 0 Å². The van der Waals surface area contributed by atoms with Crippen molar-refractivity contribution in [1.29, 1.82) is 0 Å². The summed E-state index contributed by atoms with van der Waals surface area (Å²) in [6.45, 7) is 15.8. The van der Waals surface area contributed by atoms with Crippen LogP contribution >= 0.6 is 0 Å². The Morgan fingerprint density at radius 2 is 2.05 bits per heavy atom. The van der Waals surface area contributed by atoms with Crippen molar-refractivity contribution in [1.82, 2.24) is 5.32 Å².